The van der Waals surface area contributed by atoms with Crippen LogP contribution in [0.4, 0.5) is 0 Å². The van der Waals surface area contributed by atoms with Gasteiger partial charge in [-0.2, -0.15) is 12.7 Å². The van der Waals surface area contributed by atoms with Gasteiger partial charge in [0.05, 0.1) is 19.6 Å². The average molecular weight is 486 g/mol. The Kier molecular flexibility index (Phi) is 8.63. The first-order valence-corrected chi connectivity index (χ1v) is 12.7. The summed E-state index contributed by atoms with van der Waals surface area (Å²) in [6.45, 7) is 2.80. The number of rotatable bonds is 9. The number of nitrogens with two attached hydrogens (primary N) is 1. The van der Waals surface area contributed by atoms with E-state index in [0.717, 1.165) is 4.31 Å². The lowest BCUT2D eigenvalue weighted by molar-refractivity contribution is -0.126. The highest BCUT2D eigenvalue weighted by Crippen LogP contribution is 2.31. The van der Waals surface area contributed by atoms with Crippen molar-refractivity contribution in [3.05, 3.63) is 48.0 Å². The summed E-state index contributed by atoms with van der Waals surface area (Å²) in [6, 6.07) is 14.3. The lowest BCUT2D eigenvalue weighted by Crippen LogP contribution is -2.53. The fraction of sp³-hybridized carbons (Fsp3) is 0.417. The van der Waals surface area contributed by atoms with E-state index < -0.39 is 34.6 Å². The van der Waals surface area contributed by atoms with Crippen LogP contribution < -0.4 is 15.8 Å². The highest BCUT2D eigenvalue weighted by Gasteiger charge is 2.33. The van der Waals surface area contributed by atoms with Gasteiger partial charge in [-0.25, -0.2) is 5.14 Å². The van der Waals surface area contributed by atoms with Crippen LogP contribution >= 0.6 is 0 Å². The van der Waals surface area contributed by atoms with Crippen molar-refractivity contribution in [1.82, 2.24) is 19.8 Å². The Morgan fingerprint density at radius 3 is 2.50 bits per heavy atom. The van der Waals surface area contributed by atoms with Crippen LogP contribution in [0.5, 0.6) is 0 Å². The maximum Gasteiger partial charge on any atom is 0.277 e. The second-order valence-electron chi connectivity index (χ2n) is 8.36. The summed E-state index contributed by atoms with van der Waals surface area (Å²) in [7, 11) is -4.10. The van der Waals surface area contributed by atoms with Gasteiger partial charge in [-0.15, -0.1) is 6.42 Å². The summed E-state index contributed by atoms with van der Waals surface area (Å²) in [6.07, 6.45) is 6.16. The van der Waals surface area contributed by atoms with Crippen LogP contribution in [0.15, 0.2) is 42.5 Å². The lowest BCUT2D eigenvalue weighted by Gasteiger charge is -2.39. The van der Waals surface area contributed by atoms with Gasteiger partial charge in [-0.05, 0) is 36.1 Å². The number of piperidine rings is 1. The summed E-state index contributed by atoms with van der Waals surface area (Å²) >= 11 is 0. The molecule has 4 N–H and O–H groups in total. The minimum atomic E-state index is -4.10. The topological polar surface area (TPSA) is 125 Å². The Morgan fingerprint density at radius 1 is 1.15 bits per heavy atom. The minimum absolute atomic E-state index is 0.0494. The number of amides is 2. The smallest absolute Gasteiger partial charge is 0.277 e. The van der Waals surface area contributed by atoms with Gasteiger partial charge in [0, 0.05) is 25.2 Å². The molecule has 1 heterocycles. The third-order valence-corrected chi connectivity index (χ3v) is 7.27. The summed E-state index contributed by atoms with van der Waals surface area (Å²) < 4.78 is 25.5. The van der Waals surface area contributed by atoms with Crippen molar-refractivity contribution >= 4 is 32.8 Å². The highest BCUT2D eigenvalue weighted by atomic mass is 32.2. The van der Waals surface area contributed by atoms with Gasteiger partial charge in [-0.1, -0.05) is 48.4 Å². The average Bonchev–Trinajstić information content (AvgIpc) is 2.83. The number of fused-ring (bicyclic) bond motifs is 1. The van der Waals surface area contributed by atoms with Gasteiger partial charge in [0.15, 0.2) is 0 Å². The molecule has 1 saturated heterocycles. The number of carbonyl (C=O) groups excluding carboxylic acids is 2. The van der Waals surface area contributed by atoms with E-state index in [-0.39, 0.29) is 19.1 Å². The molecule has 0 radical (unpaired) electrons. The van der Waals surface area contributed by atoms with Crippen molar-refractivity contribution in [3.8, 4) is 12.3 Å². The zero-order valence-electron chi connectivity index (χ0n) is 19.2. The van der Waals surface area contributed by atoms with Crippen LogP contribution in [0.3, 0.4) is 0 Å². The molecule has 10 heteroatoms. The van der Waals surface area contributed by atoms with E-state index in [9.17, 15) is 18.0 Å². The molecule has 1 aliphatic rings. The fourth-order valence-corrected chi connectivity index (χ4v) is 5.31. The van der Waals surface area contributed by atoms with Gasteiger partial charge in [0.1, 0.15) is 0 Å². The number of nitrogens with one attached hydrogen (secondary N) is 2. The molecule has 0 unspecified atom stereocenters. The molecule has 3 rings (SSSR count). The van der Waals surface area contributed by atoms with Crippen LogP contribution in [-0.2, 0) is 19.8 Å². The van der Waals surface area contributed by atoms with E-state index in [1.165, 1.54) is 16.3 Å². The first-order valence-electron chi connectivity index (χ1n) is 11.2. The van der Waals surface area contributed by atoms with Crippen LogP contribution in [0.25, 0.3) is 10.8 Å². The van der Waals surface area contributed by atoms with Gasteiger partial charge >= 0.3 is 0 Å². The van der Waals surface area contributed by atoms with Gasteiger partial charge in [0.25, 0.3) is 10.2 Å². The summed E-state index contributed by atoms with van der Waals surface area (Å²) in [5.41, 5.74) is 1.22. The Hall–Kier alpha value is -2.97. The number of benzene rings is 2. The molecule has 1 aliphatic heterocycles. The predicted octanol–water partition coefficient (Wildman–Crippen LogP) is 0.736. The molecule has 9 nitrogen and oxygen atoms in total. The first-order chi connectivity index (χ1) is 16.2. The number of hydrogen-bond donors (Lipinski definition) is 3. The van der Waals surface area contributed by atoms with Crippen molar-refractivity contribution < 1.29 is 18.0 Å². The predicted molar refractivity (Wildman–Crippen MR) is 132 cm³/mol. The summed E-state index contributed by atoms with van der Waals surface area (Å²) in [4.78, 5) is 26.2. The number of nitrogens with zero attached hydrogens (tertiary/aromatic N) is 2. The van der Waals surface area contributed by atoms with Crippen LogP contribution in [-0.4, -0.2) is 68.2 Å². The molecule has 1 fully saturated rings. The summed E-state index contributed by atoms with van der Waals surface area (Å²) in [5.74, 6) is 1.20. The normalized spacial score (nSPS) is 16.2. The molecule has 0 spiro atoms. The Balaban J connectivity index is 1.61. The van der Waals surface area contributed by atoms with Crippen LogP contribution in [0.2, 0.25) is 0 Å². The molecule has 1 atom stereocenters. The second-order valence-corrected chi connectivity index (χ2v) is 9.86. The summed E-state index contributed by atoms with van der Waals surface area (Å²) in [5, 5.41) is 12.6. The largest absolute Gasteiger partial charge is 0.346 e. The van der Waals surface area contributed by atoms with Gasteiger partial charge < -0.3 is 10.6 Å². The number of carbonyl (C=O) groups is 2. The quantitative estimate of drug-likeness (QED) is 0.452. The zero-order chi connectivity index (χ0) is 24.7. The Bertz CT molecular complexity index is 1160. The second kappa shape index (κ2) is 11.4. The number of likely N-dealkylation sites (tertiary alicyclic amines) is 1. The Labute approximate surface area is 200 Å². The first kappa shape index (κ1) is 25.6. The van der Waals surface area contributed by atoms with Crippen molar-refractivity contribution in [1.29, 1.82) is 0 Å². The third kappa shape index (κ3) is 6.55. The highest BCUT2D eigenvalue weighted by molar-refractivity contribution is 7.86. The molecule has 0 saturated carbocycles. The maximum atomic E-state index is 12.3. The van der Waals surface area contributed by atoms with E-state index in [1.54, 1.807) is 0 Å². The lowest BCUT2D eigenvalue weighted by atomic mass is 9.96. The Morgan fingerprint density at radius 2 is 1.82 bits per heavy atom. The van der Waals surface area contributed by atoms with Crippen LogP contribution in [0.1, 0.15) is 31.4 Å². The molecule has 2 aromatic carbocycles. The number of hydrogen-bond acceptors (Lipinski definition) is 5. The van der Waals surface area contributed by atoms with Crippen molar-refractivity contribution in [2.45, 2.75) is 31.8 Å². The minimum Gasteiger partial charge on any atom is -0.346 e. The van der Waals surface area contributed by atoms with E-state index in [2.05, 4.69) is 58.7 Å². The maximum absolute atomic E-state index is 12.3. The molecule has 34 heavy (non-hydrogen) atoms. The van der Waals surface area contributed by atoms with Crippen molar-refractivity contribution in [2.75, 3.05) is 32.7 Å². The van der Waals surface area contributed by atoms with Crippen molar-refractivity contribution in [2.24, 2.45) is 5.14 Å². The van der Waals surface area contributed by atoms with E-state index >= 15 is 0 Å². The number of terminal acetylenes is 1. The molecule has 182 valence electrons. The van der Waals surface area contributed by atoms with E-state index in [4.69, 9.17) is 11.6 Å². The SMILES string of the molecule is C#CCNC(=O)CNC(=O)CN(C1CCN([C@H](C)c2cccc3ccccc23)CC1)S(N)(=O)=O. The van der Waals surface area contributed by atoms with Gasteiger partial charge in [0.2, 0.25) is 11.8 Å². The third-order valence-electron chi connectivity index (χ3n) is 6.19. The van der Waals surface area contributed by atoms with E-state index in [0.29, 0.717) is 25.9 Å². The zero-order valence-corrected chi connectivity index (χ0v) is 20.1. The van der Waals surface area contributed by atoms with Crippen molar-refractivity contribution in [3.63, 3.8) is 0 Å². The van der Waals surface area contributed by atoms with E-state index in [1.807, 2.05) is 12.1 Å². The fourth-order valence-electron chi connectivity index (χ4n) is 4.39. The molecule has 0 aliphatic carbocycles. The van der Waals surface area contributed by atoms with Gasteiger partial charge in [-0.3, -0.25) is 14.5 Å². The molecule has 0 bridgehead atoms. The molecule has 2 aromatic rings. The molecular formula is C24H31N5O4S. The molecule has 2 amide bonds. The molecule has 0 aromatic heterocycles. The van der Waals surface area contributed by atoms with Crippen LogP contribution in [0, 0.1) is 12.3 Å². The monoisotopic (exact) mass is 485 g/mol. The standard InChI is InChI=1S/C24H31N5O4S/c1-3-13-26-23(30)16-27-24(31)17-29(34(25,32)33)20-11-14-28(15-12-20)18(2)21-10-6-8-19-7-4-5-9-22(19)21/h1,4-10,18,20H,11-17H2,2H3,(H,26,30)(H,27,31)(H2,25,32,33)/t18-/m1/s1. The molecular weight excluding hydrogens is 454 g/mol.